The van der Waals surface area contributed by atoms with Crippen LogP contribution in [0.5, 0.6) is 0 Å². The molecular weight excluding hydrogens is 226 g/mol. The molecule has 2 aromatic rings. The maximum Gasteiger partial charge on any atom is 0.156 e. The van der Waals surface area contributed by atoms with E-state index in [9.17, 15) is 0 Å². The van der Waals surface area contributed by atoms with E-state index in [1.807, 2.05) is 10.7 Å². The van der Waals surface area contributed by atoms with Crippen molar-refractivity contribution in [2.75, 3.05) is 14.1 Å². The van der Waals surface area contributed by atoms with Gasteiger partial charge < -0.3 is 4.90 Å². The Morgan fingerprint density at radius 2 is 2.11 bits per heavy atom. The average Bonchev–Trinajstić information content (AvgIpc) is 2.73. The van der Waals surface area contributed by atoms with Gasteiger partial charge in [0.2, 0.25) is 0 Å². The summed E-state index contributed by atoms with van der Waals surface area (Å²) in [5.74, 6) is 1.21. The largest absolute Gasteiger partial charge is 0.305 e. The summed E-state index contributed by atoms with van der Waals surface area (Å²) in [5, 5.41) is 4.63. The van der Waals surface area contributed by atoms with Crippen molar-refractivity contribution in [3.63, 3.8) is 0 Å². The molecule has 0 aliphatic rings. The summed E-state index contributed by atoms with van der Waals surface area (Å²) < 4.78 is 1.83. The van der Waals surface area contributed by atoms with Gasteiger partial charge in [-0.1, -0.05) is 13.8 Å². The molecule has 0 aliphatic carbocycles. The maximum absolute atomic E-state index is 4.63. The second-order valence-corrected chi connectivity index (χ2v) is 4.94. The molecule has 0 amide bonds. The number of aromatic nitrogens is 4. The number of hydrogen-bond acceptors (Lipinski definition) is 4. The molecule has 0 unspecified atom stereocenters. The quantitative estimate of drug-likeness (QED) is 0.824. The lowest BCUT2D eigenvalue weighted by molar-refractivity contribution is 0.400. The van der Waals surface area contributed by atoms with Gasteiger partial charge in [0.1, 0.15) is 6.33 Å². The predicted octanol–water partition coefficient (Wildman–Crippen LogP) is 1.85. The molecule has 0 bridgehead atoms. The molecular formula is C13H19N5. The predicted molar refractivity (Wildman–Crippen MR) is 70.6 cm³/mol. The van der Waals surface area contributed by atoms with Gasteiger partial charge in [-0.25, -0.2) is 14.6 Å². The monoisotopic (exact) mass is 245 g/mol. The van der Waals surface area contributed by atoms with Crippen LogP contribution in [0.4, 0.5) is 0 Å². The molecule has 0 fully saturated rings. The minimum atomic E-state index is 0.406. The third-order valence-electron chi connectivity index (χ3n) is 2.66. The highest BCUT2D eigenvalue weighted by Crippen LogP contribution is 2.20. The number of rotatable bonds is 4. The Bertz CT molecular complexity index is 501. The zero-order valence-corrected chi connectivity index (χ0v) is 11.3. The van der Waals surface area contributed by atoms with Crippen LogP contribution in [-0.4, -0.2) is 38.7 Å². The summed E-state index contributed by atoms with van der Waals surface area (Å²) >= 11 is 0. The van der Waals surface area contributed by atoms with Crippen molar-refractivity contribution in [1.82, 2.24) is 24.6 Å². The molecule has 0 saturated heterocycles. The first-order chi connectivity index (χ1) is 8.58. The lowest BCUT2D eigenvalue weighted by Gasteiger charge is -2.10. The van der Waals surface area contributed by atoms with E-state index in [1.54, 1.807) is 6.20 Å². The van der Waals surface area contributed by atoms with Gasteiger partial charge in [0.25, 0.3) is 0 Å². The normalized spacial score (nSPS) is 11.4. The van der Waals surface area contributed by atoms with Crippen molar-refractivity contribution < 1.29 is 0 Å². The van der Waals surface area contributed by atoms with Crippen LogP contribution in [0.3, 0.4) is 0 Å². The third-order valence-corrected chi connectivity index (χ3v) is 2.66. The standard InChI is InChI=1S/C13H19N5/c1-10(2)13-11(7-17(3)4)8-18(16-13)12-5-6-14-9-15-12/h5-6,8-10H,7H2,1-4H3. The van der Waals surface area contributed by atoms with Crippen LogP contribution in [0.2, 0.25) is 0 Å². The van der Waals surface area contributed by atoms with E-state index in [0.29, 0.717) is 5.92 Å². The van der Waals surface area contributed by atoms with Crippen molar-refractivity contribution in [2.45, 2.75) is 26.3 Å². The SMILES string of the molecule is CC(C)c1nn(-c2ccncn2)cc1CN(C)C. The van der Waals surface area contributed by atoms with Gasteiger partial charge in [-0.3, -0.25) is 0 Å². The lowest BCUT2D eigenvalue weighted by atomic mass is 10.1. The second-order valence-electron chi connectivity index (χ2n) is 4.94. The maximum atomic E-state index is 4.63. The van der Waals surface area contributed by atoms with Crippen LogP contribution >= 0.6 is 0 Å². The summed E-state index contributed by atoms with van der Waals surface area (Å²) in [6.07, 6.45) is 5.32. The Kier molecular flexibility index (Phi) is 3.72. The molecule has 0 radical (unpaired) electrons. The fourth-order valence-electron chi connectivity index (χ4n) is 1.91. The summed E-state index contributed by atoms with van der Waals surface area (Å²) in [7, 11) is 4.12. The van der Waals surface area contributed by atoms with Crippen LogP contribution in [0.15, 0.2) is 24.8 Å². The van der Waals surface area contributed by atoms with E-state index >= 15 is 0 Å². The molecule has 5 nitrogen and oxygen atoms in total. The smallest absolute Gasteiger partial charge is 0.156 e. The summed E-state index contributed by atoms with van der Waals surface area (Å²) in [6, 6.07) is 1.86. The highest BCUT2D eigenvalue weighted by Gasteiger charge is 2.14. The second kappa shape index (κ2) is 5.27. The van der Waals surface area contributed by atoms with Crippen molar-refractivity contribution in [1.29, 1.82) is 0 Å². The molecule has 0 aliphatic heterocycles. The highest BCUT2D eigenvalue weighted by atomic mass is 15.3. The summed E-state index contributed by atoms with van der Waals surface area (Å²) in [5.41, 5.74) is 2.37. The minimum absolute atomic E-state index is 0.406. The van der Waals surface area contributed by atoms with Crippen LogP contribution in [-0.2, 0) is 6.54 Å². The molecule has 5 heteroatoms. The molecule has 0 atom stereocenters. The average molecular weight is 245 g/mol. The van der Waals surface area contributed by atoms with Gasteiger partial charge in [0.05, 0.1) is 5.69 Å². The van der Waals surface area contributed by atoms with Crippen LogP contribution < -0.4 is 0 Å². The summed E-state index contributed by atoms with van der Waals surface area (Å²) in [4.78, 5) is 10.3. The van der Waals surface area contributed by atoms with E-state index in [1.165, 1.54) is 11.9 Å². The van der Waals surface area contributed by atoms with Gasteiger partial charge in [0.15, 0.2) is 5.82 Å². The van der Waals surface area contributed by atoms with Gasteiger partial charge >= 0.3 is 0 Å². The van der Waals surface area contributed by atoms with E-state index in [2.05, 4.69) is 54.1 Å². The molecule has 0 aromatic carbocycles. The van der Waals surface area contributed by atoms with Gasteiger partial charge in [-0.15, -0.1) is 0 Å². The zero-order valence-electron chi connectivity index (χ0n) is 11.3. The van der Waals surface area contributed by atoms with Gasteiger partial charge in [-0.2, -0.15) is 5.10 Å². The third kappa shape index (κ3) is 2.73. The molecule has 18 heavy (non-hydrogen) atoms. The van der Waals surface area contributed by atoms with E-state index in [0.717, 1.165) is 18.1 Å². The Balaban J connectivity index is 2.39. The first kappa shape index (κ1) is 12.7. The zero-order chi connectivity index (χ0) is 13.1. The number of hydrogen-bond donors (Lipinski definition) is 0. The Labute approximate surface area is 107 Å². The lowest BCUT2D eigenvalue weighted by Crippen LogP contribution is -2.11. The molecule has 2 aromatic heterocycles. The fourth-order valence-corrected chi connectivity index (χ4v) is 1.91. The Morgan fingerprint density at radius 1 is 1.33 bits per heavy atom. The van der Waals surface area contributed by atoms with Crippen molar-refractivity contribution in [3.05, 3.63) is 36.0 Å². The molecule has 2 heterocycles. The molecule has 96 valence electrons. The first-order valence-electron chi connectivity index (χ1n) is 6.07. The van der Waals surface area contributed by atoms with E-state index in [4.69, 9.17) is 0 Å². The molecule has 2 rings (SSSR count). The Morgan fingerprint density at radius 3 is 2.67 bits per heavy atom. The van der Waals surface area contributed by atoms with Gasteiger partial charge in [0, 0.05) is 30.6 Å². The van der Waals surface area contributed by atoms with Crippen LogP contribution in [0.25, 0.3) is 5.82 Å². The first-order valence-corrected chi connectivity index (χ1v) is 6.07. The molecule has 0 N–H and O–H groups in total. The number of nitrogens with zero attached hydrogens (tertiary/aromatic N) is 5. The van der Waals surface area contributed by atoms with Gasteiger partial charge in [-0.05, 0) is 20.0 Å². The molecule has 0 spiro atoms. The molecule has 0 saturated carbocycles. The minimum Gasteiger partial charge on any atom is -0.305 e. The topological polar surface area (TPSA) is 46.8 Å². The van der Waals surface area contributed by atoms with Crippen LogP contribution in [0.1, 0.15) is 31.0 Å². The fraction of sp³-hybridized carbons (Fsp3) is 0.462. The van der Waals surface area contributed by atoms with Crippen molar-refractivity contribution >= 4 is 0 Å². The van der Waals surface area contributed by atoms with E-state index < -0.39 is 0 Å². The van der Waals surface area contributed by atoms with Crippen LogP contribution in [0, 0.1) is 0 Å². The van der Waals surface area contributed by atoms with Crippen molar-refractivity contribution in [2.24, 2.45) is 0 Å². The Hall–Kier alpha value is -1.75. The van der Waals surface area contributed by atoms with Crippen molar-refractivity contribution in [3.8, 4) is 5.82 Å². The summed E-state index contributed by atoms with van der Waals surface area (Å²) in [6.45, 7) is 5.20. The highest BCUT2D eigenvalue weighted by molar-refractivity contribution is 5.26. The van der Waals surface area contributed by atoms with E-state index in [-0.39, 0.29) is 0 Å².